The van der Waals surface area contributed by atoms with Gasteiger partial charge in [-0.3, -0.25) is 24.1 Å². The van der Waals surface area contributed by atoms with Crippen molar-refractivity contribution >= 4 is 29.4 Å². The van der Waals surface area contributed by atoms with Crippen molar-refractivity contribution in [1.29, 1.82) is 0 Å². The number of benzene rings is 1. The van der Waals surface area contributed by atoms with E-state index in [-0.39, 0.29) is 48.5 Å². The van der Waals surface area contributed by atoms with Gasteiger partial charge in [0.05, 0.1) is 11.1 Å². The lowest BCUT2D eigenvalue weighted by molar-refractivity contribution is -0.132. The van der Waals surface area contributed by atoms with E-state index in [4.69, 9.17) is 4.74 Å². The molecular formula is C23H29N3O6. The van der Waals surface area contributed by atoms with Crippen LogP contribution in [0.1, 0.15) is 63.7 Å². The van der Waals surface area contributed by atoms with Crippen LogP contribution < -0.4 is 0 Å². The molecule has 1 aromatic rings. The number of ketones is 1. The predicted octanol–water partition coefficient (Wildman–Crippen LogP) is 1.36. The highest BCUT2D eigenvalue weighted by molar-refractivity contribution is 6.22. The molecule has 0 bridgehead atoms. The van der Waals surface area contributed by atoms with Crippen molar-refractivity contribution in [3.63, 3.8) is 0 Å². The number of amides is 4. The van der Waals surface area contributed by atoms with E-state index in [1.807, 2.05) is 0 Å². The number of methoxy groups -OCH3 is 1. The van der Waals surface area contributed by atoms with Gasteiger partial charge < -0.3 is 19.3 Å². The van der Waals surface area contributed by atoms with Crippen molar-refractivity contribution < 1.29 is 28.7 Å². The number of ether oxygens (including phenoxy) is 1. The van der Waals surface area contributed by atoms with Gasteiger partial charge in [-0.25, -0.2) is 0 Å². The monoisotopic (exact) mass is 443 g/mol. The average Bonchev–Trinajstić information content (AvgIpc) is 2.95. The van der Waals surface area contributed by atoms with Crippen LogP contribution in [-0.2, 0) is 14.3 Å². The first-order valence-corrected chi connectivity index (χ1v) is 10.9. The molecule has 0 unspecified atom stereocenters. The zero-order valence-corrected chi connectivity index (χ0v) is 18.6. The van der Waals surface area contributed by atoms with E-state index in [0.717, 1.165) is 0 Å². The zero-order valence-electron chi connectivity index (χ0n) is 18.6. The van der Waals surface area contributed by atoms with Gasteiger partial charge in [0.25, 0.3) is 17.7 Å². The maximum absolute atomic E-state index is 13.1. The van der Waals surface area contributed by atoms with Gasteiger partial charge >= 0.3 is 0 Å². The fourth-order valence-corrected chi connectivity index (χ4v) is 3.99. The number of imide groups is 1. The SMILES string of the molecule is COCCCN1C(=O)c2ccc(C(=O)N3CCCN(C(=O)CCC(C)=O)CC3)cc2C1=O. The highest BCUT2D eigenvalue weighted by atomic mass is 16.5. The maximum Gasteiger partial charge on any atom is 0.261 e. The van der Waals surface area contributed by atoms with Crippen LogP contribution in [0.15, 0.2) is 18.2 Å². The molecule has 4 amide bonds. The van der Waals surface area contributed by atoms with E-state index in [2.05, 4.69) is 0 Å². The Hall–Kier alpha value is -3.07. The van der Waals surface area contributed by atoms with Gasteiger partial charge in [-0.05, 0) is 38.0 Å². The lowest BCUT2D eigenvalue weighted by Crippen LogP contribution is -2.37. The average molecular weight is 444 g/mol. The van der Waals surface area contributed by atoms with Gasteiger partial charge in [-0.1, -0.05) is 0 Å². The van der Waals surface area contributed by atoms with Crippen LogP contribution in [0.5, 0.6) is 0 Å². The molecule has 0 saturated carbocycles. The predicted molar refractivity (Wildman–Crippen MR) is 115 cm³/mol. The summed E-state index contributed by atoms with van der Waals surface area (Å²) in [6, 6.07) is 4.61. The molecule has 3 rings (SSSR count). The van der Waals surface area contributed by atoms with Gasteiger partial charge in [0.1, 0.15) is 5.78 Å². The number of hydrogen-bond donors (Lipinski definition) is 0. The molecule has 1 saturated heterocycles. The third-order valence-corrected chi connectivity index (χ3v) is 5.77. The minimum Gasteiger partial charge on any atom is -0.385 e. The number of nitrogens with zero attached hydrogens (tertiary/aromatic N) is 3. The molecule has 172 valence electrons. The van der Waals surface area contributed by atoms with Crippen LogP contribution in [0.4, 0.5) is 0 Å². The third kappa shape index (κ3) is 5.21. The van der Waals surface area contributed by atoms with Crippen molar-refractivity contribution in [3.8, 4) is 0 Å². The van der Waals surface area contributed by atoms with Gasteiger partial charge in [-0.15, -0.1) is 0 Å². The van der Waals surface area contributed by atoms with Crippen molar-refractivity contribution in [2.45, 2.75) is 32.6 Å². The van der Waals surface area contributed by atoms with E-state index < -0.39 is 5.91 Å². The number of carbonyl (C=O) groups is 5. The van der Waals surface area contributed by atoms with Crippen LogP contribution in [0.2, 0.25) is 0 Å². The summed E-state index contributed by atoms with van der Waals surface area (Å²) in [4.78, 5) is 66.3. The third-order valence-electron chi connectivity index (χ3n) is 5.77. The smallest absolute Gasteiger partial charge is 0.261 e. The zero-order chi connectivity index (χ0) is 23.3. The molecule has 32 heavy (non-hydrogen) atoms. The summed E-state index contributed by atoms with van der Waals surface area (Å²) in [7, 11) is 1.56. The minimum absolute atomic E-state index is 0.0214. The van der Waals surface area contributed by atoms with E-state index in [1.165, 1.54) is 24.0 Å². The number of fused-ring (bicyclic) bond motifs is 1. The first-order valence-electron chi connectivity index (χ1n) is 10.9. The Morgan fingerprint density at radius 1 is 0.938 bits per heavy atom. The van der Waals surface area contributed by atoms with Gasteiger partial charge in [0, 0.05) is 64.8 Å². The minimum atomic E-state index is -0.395. The molecule has 1 aromatic carbocycles. The van der Waals surface area contributed by atoms with Crippen LogP contribution in [-0.4, -0.2) is 90.6 Å². The summed E-state index contributed by atoms with van der Waals surface area (Å²) < 4.78 is 4.98. The summed E-state index contributed by atoms with van der Waals surface area (Å²) in [5.74, 6) is -1.08. The molecular weight excluding hydrogens is 414 g/mol. The summed E-state index contributed by atoms with van der Waals surface area (Å²) >= 11 is 0. The molecule has 0 N–H and O–H groups in total. The molecule has 9 nitrogen and oxygen atoms in total. The number of carbonyl (C=O) groups excluding carboxylic acids is 5. The summed E-state index contributed by atoms with van der Waals surface area (Å²) in [5.41, 5.74) is 0.899. The van der Waals surface area contributed by atoms with E-state index in [0.29, 0.717) is 56.8 Å². The van der Waals surface area contributed by atoms with Crippen LogP contribution in [0.25, 0.3) is 0 Å². The van der Waals surface area contributed by atoms with Crippen molar-refractivity contribution in [1.82, 2.24) is 14.7 Å². The van der Waals surface area contributed by atoms with Crippen molar-refractivity contribution in [3.05, 3.63) is 34.9 Å². The fourth-order valence-electron chi connectivity index (χ4n) is 3.99. The quantitative estimate of drug-likeness (QED) is 0.444. The Kier molecular flexibility index (Phi) is 7.74. The molecule has 0 aliphatic carbocycles. The Morgan fingerprint density at radius 3 is 2.34 bits per heavy atom. The molecule has 2 heterocycles. The number of rotatable bonds is 8. The van der Waals surface area contributed by atoms with Crippen molar-refractivity contribution in [2.75, 3.05) is 46.4 Å². The first kappa shape index (κ1) is 23.6. The van der Waals surface area contributed by atoms with E-state index in [1.54, 1.807) is 23.0 Å². The van der Waals surface area contributed by atoms with Crippen LogP contribution in [0, 0.1) is 0 Å². The standard InChI is InChI=1S/C23H29N3O6/c1-16(27)5-8-20(28)24-9-3-10-25(13-12-24)21(29)17-6-7-18-19(15-17)23(31)26(22(18)30)11-4-14-32-2/h6-7,15H,3-5,8-14H2,1-2H3. The van der Waals surface area contributed by atoms with E-state index >= 15 is 0 Å². The Balaban J connectivity index is 1.65. The second kappa shape index (κ2) is 10.5. The van der Waals surface area contributed by atoms with Crippen LogP contribution >= 0.6 is 0 Å². The second-order valence-electron chi connectivity index (χ2n) is 8.10. The van der Waals surface area contributed by atoms with Gasteiger partial charge in [-0.2, -0.15) is 0 Å². The maximum atomic E-state index is 13.1. The lowest BCUT2D eigenvalue weighted by atomic mass is 10.0. The van der Waals surface area contributed by atoms with Gasteiger partial charge in [0.2, 0.25) is 5.91 Å². The molecule has 2 aliphatic heterocycles. The summed E-state index contributed by atoms with van der Waals surface area (Å²) in [6.07, 6.45) is 1.59. The largest absolute Gasteiger partial charge is 0.385 e. The highest BCUT2D eigenvalue weighted by Crippen LogP contribution is 2.25. The fraction of sp³-hybridized carbons (Fsp3) is 0.522. The lowest BCUT2D eigenvalue weighted by Gasteiger charge is -2.22. The summed E-state index contributed by atoms with van der Waals surface area (Å²) in [5, 5.41) is 0. The molecule has 0 aromatic heterocycles. The molecule has 1 fully saturated rings. The first-order chi connectivity index (χ1) is 15.3. The van der Waals surface area contributed by atoms with Gasteiger partial charge in [0.15, 0.2) is 0 Å². The topological polar surface area (TPSA) is 104 Å². The Labute approximate surface area is 187 Å². The Morgan fingerprint density at radius 2 is 1.62 bits per heavy atom. The molecule has 0 atom stereocenters. The molecule has 0 radical (unpaired) electrons. The van der Waals surface area contributed by atoms with Crippen molar-refractivity contribution in [2.24, 2.45) is 0 Å². The Bertz CT molecular complexity index is 928. The van der Waals surface area contributed by atoms with E-state index in [9.17, 15) is 24.0 Å². The molecule has 9 heteroatoms. The normalized spacial score (nSPS) is 16.2. The number of Topliss-reactive ketones (excluding diaryl/α,β-unsaturated/α-hetero) is 1. The number of hydrogen-bond acceptors (Lipinski definition) is 6. The molecule has 2 aliphatic rings. The second-order valence-corrected chi connectivity index (χ2v) is 8.10. The van der Waals surface area contributed by atoms with Crippen LogP contribution in [0.3, 0.4) is 0 Å². The summed E-state index contributed by atoms with van der Waals surface area (Å²) in [6.45, 7) is 3.97. The molecule has 0 spiro atoms. The highest BCUT2D eigenvalue weighted by Gasteiger charge is 2.36.